The molecule has 0 spiro atoms. The van der Waals surface area contributed by atoms with E-state index in [1.54, 1.807) is 6.07 Å². The summed E-state index contributed by atoms with van der Waals surface area (Å²) in [5.74, 6) is 0. The number of rotatable bonds is 2. The van der Waals surface area contributed by atoms with E-state index in [2.05, 4.69) is 6.58 Å². The average molecular weight is 190 g/mol. The van der Waals surface area contributed by atoms with Gasteiger partial charge in [0.15, 0.2) is 0 Å². The maximum absolute atomic E-state index is 10.5. The molecule has 1 aromatic carbocycles. The second-order valence-electron chi connectivity index (χ2n) is 2.23. The van der Waals surface area contributed by atoms with Crippen LogP contribution in [0.2, 0.25) is 0 Å². The molecule has 0 aliphatic heterocycles. The van der Waals surface area contributed by atoms with Crippen LogP contribution in [0.4, 0.5) is 0 Å². The van der Waals surface area contributed by atoms with Gasteiger partial charge in [-0.2, -0.15) is 0 Å². The van der Waals surface area contributed by atoms with E-state index in [9.17, 15) is 13.0 Å². The van der Waals surface area contributed by atoms with E-state index >= 15 is 0 Å². The van der Waals surface area contributed by atoms with Crippen molar-refractivity contribution in [3.8, 4) is 0 Å². The molecule has 1 aromatic rings. The number of hydrogen-bond acceptors (Lipinski definition) is 3. The van der Waals surface area contributed by atoms with Crippen molar-refractivity contribution in [2.45, 2.75) is 4.90 Å². The van der Waals surface area contributed by atoms with E-state index in [1.165, 1.54) is 24.3 Å². The quantitative estimate of drug-likeness (QED) is 0.410. The Morgan fingerprint density at radius 1 is 1.38 bits per heavy atom. The fraction of sp³-hybridized carbons (Fsp3) is 0. The van der Waals surface area contributed by atoms with Crippen molar-refractivity contribution in [1.29, 1.82) is 0 Å². The average Bonchev–Trinajstić information content (AvgIpc) is 2.03. The Kier molecular flexibility index (Phi) is 4.44. The smallest absolute Gasteiger partial charge is 0.744 e. The summed E-state index contributed by atoms with van der Waals surface area (Å²) in [4.78, 5) is -0.222. The van der Waals surface area contributed by atoms with Crippen LogP contribution in [0.1, 0.15) is 5.56 Å². The second kappa shape index (κ2) is 4.63. The third-order valence-electron chi connectivity index (χ3n) is 1.38. The largest absolute Gasteiger partial charge is 1.00 e. The molecule has 64 valence electrons. The molecule has 0 N–H and O–H groups in total. The van der Waals surface area contributed by atoms with Crippen LogP contribution in [-0.4, -0.2) is 13.0 Å². The van der Waals surface area contributed by atoms with Gasteiger partial charge in [0.05, 0.1) is 4.90 Å². The number of hydrogen-bond donors (Lipinski definition) is 0. The van der Waals surface area contributed by atoms with Gasteiger partial charge in [-0.3, -0.25) is 0 Å². The van der Waals surface area contributed by atoms with Crippen LogP contribution in [0.5, 0.6) is 0 Å². The molecular weight excluding hydrogens is 183 g/mol. The maximum Gasteiger partial charge on any atom is 1.00 e. The summed E-state index contributed by atoms with van der Waals surface area (Å²) in [6, 6.07) is 5.72. The first-order chi connectivity index (χ1) is 5.54. The van der Waals surface area contributed by atoms with Crippen LogP contribution in [0.25, 0.3) is 6.08 Å². The Hall–Kier alpha value is -0.533. The summed E-state index contributed by atoms with van der Waals surface area (Å²) in [6.07, 6.45) is 1.48. The maximum atomic E-state index is 10.5. The van der Waals surface area contributed by atoms with Crippen LogP contribution in [0.15, 0.2) is 35.7 Å². The molecule has 0 aliphatic rings. The van der Waals surface area contributed by atoms with E-state index in [1.807, 2.05) is 0 Å². The molecule has 0 heterocycles. The van der Waals surface area contributed by atoms with Gasteiger partial charge in [-0.1, -0.05) is 24.8 Å². The molecule has 0 fully saturated rings. The van der Waals surface area contributed by atoms with Gasteiger partial charge in [-0.05, 0) is 17.7 Å². The first-order valence-electron chi connectivity index (χ1n) is 3.22. The molecular formula is C8H7LiO3S. The van der Waals surface area contributed by atoms with E-state index in [-0.39, 0.29) is 23.8 Å². The van der Waals surface area contributed by atoms with Crippen LogP contribution in [-0.2, 0) is 10.1 Å². The Bertz CT molecular complexity index is 398. The Labute approximate surface area is 89.4 Å². The molecule has 0 saturated heterocycles. The van der Waals surface area contributed by atoms with E-state index in [4.69, 9.17) is 0 Å². The van der Waals surface area contributed by atoms with Gasteiger partial charge >= 0.3 is 18.9 Å². The fourth-order valence-electron chi connectivity index (χ4n) is 0.797. The van der Waals surface area contributed by atoms with Crippen molar-refractivity contribution in [3.05, 3.63) is 36.4 Å². The van der Waals surface area contributed by atoms with Crippen LogP contribution in [0, 0.1) is 0 Å². The van der Waals surface area contributed by atoms with Gasteiger partial charge in [0, 0.05) is 0 Å². The van der Waals surface area contributed by atoms with E-state index in [0.29, 0.717) is 5.56 Å². The molecule has 0 atom stereocenters. The van der Waals surface area contributed by atoms with Crippen molar-refractivity contribution in [2.24, 2.45) is 0 Å². The fourth-order valence-corrected chi connectivity index (χ4v) is 1.32. The predicted octanol–water partition coefficient (Wildman–Crippen LogP) is -1.76. The minimum atomic E-state index is -4.33. The zero-order chi connectivity index (χ0) is 9.19. The van der Waals surface area contributed by atoms with Crippen LogP contribution >= 0.6 is 0 Å². The zero-order valence-electron chi connectivity index (χ0n) is 7.23. The molecule has 0 unspecified atom stereocenters. The topological polar surface area (TPSA) is 57.2 Å². The summed E-state index contributed by atoms with van der Waals surface area (Å²) >= 11 is 0. The summed E-state index contributed by atoms with van der Waals surface area (Å²) in [5.41, 5.74) is 0.618. The predicted molar refractivity (Wildman–Crippen MR) is 44.5 cm³/mol. The Balaban J connectivity index is 0.00000144. The molecule has 0 radical (unpaired) electrons. The molecule has 0 aliphatic carbocycles. The zero-order valence-corrected chi connectivity index (χ0v) is 8.04. The molecule has 0 saturated carbocycles. The minimum absolute atomic E-state index is 0. The molecule has 5 heteroatoms. The normalized spacial score (nSPS) is 10.2. The third-order valence-corrected chi connectivity index (χ3v) is 2.21. The van der Waals surface area contributed by atoms with Gasteiger partial charge in [0.1, 0.15) is 10.1 Å². The Morgan fingerprint density at radius 3 is 2.46 bits per heavy atom. The second-order valence-corrected chi connectivity index (χ2v) is 3.61. The molecule has 0 bridgehead atoms. The molecule has 3 nitrogen and oxygen atoms in total. The van der Waals surface area contributed by atoms with Crippen molar-refractivity contribution in [3.63, 3.8) is 0 Å². The van der Waals surface area contributed by atoms with Gasteiger partial charge in [-0.25, -0.2) is 8.42 Å². The van der Waals surface area contributed by atoms with Crippen molar-refractivity contribution < 1.29 is 31.8 Å². The summed E-state index contributed by atoms with van der Waals surface area (Å²) in [7, 11) is -4.33. The molecule has 13 heavy (non-hydrogen) atoms. The standard InChI is InChI=1S/C8H8O3S.Li/c1-2-7-4-3-5-8(6-7)12(9,10)11;/h2-6H,1H2,(H,9,10,11);/q;+1/p-1. The third kappa shape index (κ3) is 3.37. The SMILES string of the molecule is C=Cc1cccc(S(=O)(=O)[O-])c1.[Li+]. The monoisotopic (exact) mass is 190 g/mol. The summed E-state index contributed by atoms with van der Waals surface area (Å²) < 4.78 is 31.5. The summed E-state index contributed by atoms with van der Waals surface area (Å²) in [6.45, 7) is 3.46. The molecule has 0 aromatic heterocycles. The van der Waals surface area contributed by atoms with Crippen molar-refractivity contribution in [2.75, 3.05) is 0 Å². The van der Waals surface area contributed by atoms with Gasteiger partial charge in [0.25, 0.3) is 0 Å². The van der Waals surface area contributed by atoms with Gasteiger partial charge in [-0.15, -0.1) is 0 Å². The van der Waals surface area contributed by atoms with E-state index in [0.717, 1.165) is 0 Å². The first kappa shape index (κ1) is 12.5. The van der Waals surface area contributed by atoms with Crippen molar-refractivity contribution in [1.82, 2.24) is 0 Å². The van der Waals surface area contributed by atoms with Crippen molar-refractivity contribution >= 4 is 16.2 Å². The van der Waals surface area contributed by atoms with Gasteiger partial charge < -0.3 is 4.55 Å². The summed E-state index contributed by atoms with van der Waals surface area (Å²) in [5, 5.41) is 0. The molecule has 1 rings (SSSR count). The Morgan fingerprint density at radius 2 is 2.00 bits per heavy atom. The number of benzene rings is 1. The van der Waals surface area contributed by atoms with E-state index < -0.39 is 10.1 Å². The molecule has 0 amide bonds. The van der Waals surface area contributed by atoms with Gasteiger partial charge in [0.2, 0.25) is 0 Å². The first-order valence-corrected chi connectivity index (χ1v) is 4.63. The van der Waals surface area contributed by atoms with Crippen LogP contribution < -0.4 is 18.9 Å². The van der Waals surface area contributed by atoms with Crippen LogP contribution in [0.3, 0.4) is 0 Å². The minimum Gasteiger partial charge on any atom is -0.744 e.